The summed E-state index contributed by atoms with van der Waals surface area (Å²) in [6, 6.07) is 9.92. The highest BCUT2D eigenvalue weighted by Gasteiger charge is 2.30. The molecule has 0 saturated carbocycles. The Bertz CT molecular complexity index is 458. The van der Waals surface area contributed by atoms with Crippen molar-refractivity contribution in [2.45, 2.75) is 38.8 Å². The minimum Gasteiger partial charge on any atom is -0.364 e. The van der Waals surface area contributed by atoms with Crippen molar-refractivity contribution in [3.63, 3.8) is 0 Å². The van der Waals surface area contributed by atoms with Gasteiger partial charge < -0.3 is 10.2 Å². The van der Waals surface area contributed by atoms with E-state index in [1.165, 1.54) is 51.3 Å². The highest BCUT2D eigenvalue weighted by atomic mass is 79.9. The van der Waals surface area contributed by atoms with Crippen LogP contribution in [0.4, 0.5) is 5.69 Å². The summed E-state index contributed by atoms with van der Waals surface area (Å²) >= 11 is 3.53. The van der Waals surface area contributed by atoms with E-state index in [9.17, 15) is 0 Å². The molecular weight excluding hydrogens is 338 g/mol. The number of piperidine rings is 1. The van der Waals surface area contributed by atoms with Gasteiger partial charge >= 0.3 is 0 Å². The molecule has 1 N–H and O–H groups in total. The highest BCUT2D eigenvalue weighted by Crippen LogP contribution is 2.27. The monoisotopic (exact) mass is 365 g/mol. The molecule has 2 heterocycles. The number of piperazine rings is 1. The van der Waals surface area contributed by atoms with Crippen LogP contribution in [0.2, 0.25) is 0 Å². The van der Waals surface area contributed by atoms with Crippen LogP contribution in [0.3, 0.4) is 0 Å². The van der Waals surface area contributed by atoms with E-state index in [0.29, 0.717) is 12.1 Å². The summed E-state index contributed by atoms with van der Waals surface area (Å²) < 4.78 is 1.15. The van der Waals surface area contributed by atoms with E-state index in [1.807, 2.05) is 0 Å². The van der Waals surface area contributed by atoms with Crippen LogP contribution in [0.5, 0.6) is 0 Å². The van der Waals surface area contributed by atoms with Gasteiger partial charge in [-0.3, -0.25) is 4.90 Å². The van der Waals surface area contributed by atoms with Crippen LogP contribution in [-0.2, 0) is 0 Å². The Morgan fingerprint density at radius 1 is 1.05 bits per heavy atom. The number of nitrogens with zero attached hydrogens (tertiary/aromatic N) is 2. The molecule has 3 rings (SSSR count). The molecule has 1 aromatic rings. The van der Waals surface area contributed by atoms with Crippen molar-refractivity contribution in [2.24, 2.45) is 5.92 Å². The molecule has 122 valence electrons. The summed E-state index contributed by atoms with van der Waals surface area (Å²) in [6.07, 6.45) is 2.69. The molecule has 2 saturated heterocycles. The third-order valence-electron chi connectivity index (χ3n) is 5.09. The summed E-state index contributed by atoms with van der Waals surface area (Å²) in [6.45, 7) is 10.8. The summed E-state index contributed by atoms with van der Waals surface area (Å²) in [7, 11) is 0. The Morgan fingerprint density at radius 3 is 2.23 bits per heavy atom. The Morgan fingerprint density at radius 2 is 1.64 bits per heavy atom. The molecule has 0 spiro atoms. The molecule has 0 aliphatic carbocycles. The Kier molecular flexibility index (Phi) is 5.42. The normalized spacial score (nSPS) is 28.0. The van der Waals surface area contributed by atoms with Crippen molar-refractivity contribution >= 4 is 21.6 Å². The van der Waals surface area contributed by atoms with Gasteiger partial charge in [0.1, 0.15) is 0 Å². The van der Waals surface area contributed by atoms with Gasteiger partial charge in [-0.15, -0.1) is 0 Å². The van der Waals surface area contributed by atoms with Crippen molar-refractivity contribution in [1.29, 1.82) is 0 Å². The molecule has 3 nitrogen and oxygen atoms in total. The standard InChI is InChI=1S/C18H28BrN3/c1-14-11-21(13-16-7-9-20-10-8-16)12-15(2)22(14)18-5-3-17(19)4-6-18/h3-6,14-16,20H,7-13H2,1-2H3. The summed E-state index contributed by atoms with van der Waals surface area (Å²) in [5.41, 5.74) is 1.35. The van der Waals surface area contributed by atoms with Gasteiger partial charge in [-0.2, -0.15) is 0 Å². The average molecular weight is 366 g/mol. The maximum Gasteiger partial charge on any atom is 0.0392 e. The number of anilines is 1. The maximum atomic E-state index is 3.53. The molecule has 2 aliphatic rings. The van der Waals surface area contributed by atoms with Crippen LogP contribution < -0.4 is 10.2 Å². The molecule has 2 aliphatic heterocycles. The zero-order valence-corrected chi connectivity index (χ0v) is 15.3. The molecule has 22 heavy (non-hydrogen) atoms. The van der Waals surface area contributed by atoms with E-state index in [4.69, 9.17) is 0 Å². The Hall–Kier alpha value is -0.580. The van der Waals surface area contributed by atoms with Crippen LogP contribution in [0.1, 0.15) is 26.7 Å². The molecular formula is C18H28BrN3. The van der Waals surface area contributed by atoms with Gasteiger partial charge in [0.2, 0.25) is 0 Å². The summed E-state index contributed by atoms with van der Waals surface area (Å²) in [5, 5.41) is 3.47. The second-order valence-electron chi connectivity index (χ2n) is 6.99. The fourth-order valence-electron chi connectivity index (χ4n) is 4.13. The van der Waals surface area contributed by atoms with Crippen LogP contribution in [-0.4, -0.2) is 49.7 Å². The van der Waals surface area contributed by atoms with Crippen molar-refractivity contribution < 1.29 is 0 Å². The number of rotatable bonds is 3. The van der Waals surface area contributed by atoms with Crippen molar-refractivity contribution in [2.75, 3.05) is 37.6 Å². The van der Waals surface area contributed by atoms with E-state index < -0.39 is 0 Å². The van der Waals surface area contributed by atoms with Gasteiger partial charge in [0.05, 0.1) is 0 Å². The van der Waals surface area contributed by atoms with Crippen LogP contribution in [0.25, 0.3) is 0 Å². The van der Waals surface area contributed by atoms with Crippen LogP contribution >= 0.6 is 15.9 Å². The Balaban J connectivity index is 1.62. The fraction of sp³-hybridized carbons (Fsp3) is 0.667. The van der Waals surface area contributed by atoms with Crippen molar-refractivity contribution in [3.8, 4) is 0 Å². The zero-order chi connectivity index (χ0) is 15.5. The zero-order valence-electron chi connectivity index (χ0n) is 13.8. The molecule has 4 heteroatoms. The quantitative estimate of drug-likeness (QED) is 0.885. The SMILES string of the molecule is CC1CN(CC2CCNCC2)CC(C)N1c1ccc(Br)cc1. The van der Waals surface area contributed by atoms with E-state index in [-0.39, 0.29) is 0 Å². The lowest BCUT2D eigenvalue weighted by molar-refractivity contribution is 0.158. The second kappa shape index (κ2) is 7.33. The minimum atomic E-state index is 0.576. The Labute approximate surface area is 143 Å². The summed E-state index contributed by atoms with van der Waals surface area (Å²) in [4.78, 5) is 5.28. The first-order chi connectivity index (χ1) is 10.6. The largest absolute Gasteiger partial charge is 0.364 e. The number of hydrogen-bond acceptors (Lipinski definition) is 3. The van der Waals surface area contributed by atoms with Gasteiger partial charge in [0.25, 0.3) is 0 Å². The highest BCUT2D eigenvalue weighted by molar-refractivity contribution is 9.10. The maximum absolute atomic E-state index is 3.53. The summed E-state index contributed by atoms with van der Waals surface area (Å²) in [5.74, 6) is 0.889. The minimum absolute atomic E-state index is 0.576. The smallest absolute Gasteiger partial charge is 0.0392 e. The van der Waals surface area contributed by atoms with Gasteiger partial charge in [-0.1, -0.05) is 15.9 Å². The first kappa shape index (κ1) is 16.3. The van der Waals surface area contributed by atoms with Crippen LogP contribution in [0.15, 0.2) is 28.7 Å². The predicted molar refractivity (Wildman–Crippen MR) is 97.6 cm³/mol. The average Bonchev–Trinajstić information content (AvgIpc) is 2.49. The van der Waals surface area contributed by atoms with Crippen LogP contribution in [0, 0.1) is 5.92 Å². The first-order valence-electron chi connectivity index (χ1n) is 8.60. The third-order valence-corrected chi connectivity index (χ3v) is 5.62. The molecule has 1 aromatic carbocycles. The number of nitrogens with one attached hydrogen (secondary N) is 1. The molecule has 0 bridgehead atoms. The molecule has 0 amide bonds. The second-order valence-corrected chi connectivity index (χ2v) is 7.91. The molecule has 2 fully saturated rings. The van der Waals surface area contributed by atoms with Gasteiger partial charge in [-0.25, -0.2) is 0 Å². The molecule has 2 unspecified atom stereocenters. The lowest BCUT2D eigenvalue weighted by Crippen LogP contribution is -2.57. The number of benzene rings is 1. The lowest BCUT2D eigenvalue weighted by Gasteiger charge is -2.47. The molecule has 0 aromatic heterocycles. The topological polar surface area (TPSA) is 18.5 Å². The van der Waals surface area contributed by atoms with Gasteiger partial charge in [0.15, 0.2) is 0 Å². The predicted octanol–water partition coefficient (Wildman–Crippen LogP) is 3.35. The van der Waals surface area contributed by atoms with Crippen molar-refractivity contribution in [1.82, 2.24) is 10.2 Å². The van der Waals surface area contributed by atoms with E-state index >= 15 is 0 Å². The van der Waals surface area contributed by atoms with E-state index in [1.54, 1.807) is 0 Å². The van der Waals surface area contributed by atoms with Gasteiger partial charge in [0, 0.05) is 41.9 Å². The molecule has 2 atom stereocenters. The van der Waals surface area contributed by atoms with Crippen molar-refractivity contribution in [3.05, 3.63) is 28.7 Å². The van der Waals surface area contributed by atoms with E-state index in [0.717, 1.165) is 10.4 Å². The van der Waals surface area contributed by atoms with Gasteiger partial charge in [-0.05, 0) is 70.0 Å². The molecule has 0 radical (unpaired) electrons. The fourth-order valence-corrected chi connectivity index (χ4v) is 4.40. The number of halogens is 1. The number of hydrogen-bond donors (Lipinski definition) is 1. The lowest BCUT2D eigenvalue weighted by atomic mass is 9.96. The first-order valence-corrected chi connectivity index (χ1v) is 9.40. The third kappa shape index (κ3) is 3.84. The van der Waals surface area contributed by atoms with E-state index in [2.05, 4.69) is 69.2 Å².